The van der Waals surface area contributed by atoms with Gasteiger partial charge in [0.25, 0.3) is 6.43 Å². The first-order valence-electron chi connectivity index (χ1n) is 14.8. The van der Waals surface area contributed by atoms with Crippen LogP contribution in [-0.2, 0) is 11.3 Å². The molecule has 1 aromatic heterocycles. The van der Waals surface area contributed by atoms with Gasteiger partial charge < -0.3 is 24.2 Å². The van der Waals surface area contributed by atoms with Gasteiger partial charge in [-0.1, -0.05) is 60.7 Å². The number of piperazine rings is 2. The number of aliphatic hydroxyl groups excluding tert-OH is 1. The molecule has 2 fully saturated rings. The van der Waals surface area contributed by atoms with E-state index < -0.39 is 13.0 Å². The fourth-order valence-corrected chi connectivity index (χ4v) is 6.38. The van der Waals surface area contributed by atoms with Crippen molar-refractivity contribution in [1.82, 2.24) is 24.7 Å². The number of carbonyl (C=O) groups is 1. The predicted molar refractivity (Wildman–Crippen MR) is 159 cm³/mol. The van der Waals surface area contributed by atoms with Crippen molar-refractivity contribution in [3.63, 3.8) is 0 Å². The smallest absolute Gasteiger partial charge is 0.322 e. The van der Waals surface area contributed by atoms with E-state index in [-0.39, 0.29) is 61.3 Å². The van der Waals surface area contributed by atoms with Crippen molar-refractivity contribution in [2.75, 3.05) is 60.2 Å². The zero-order valence-electron chi connectivity index (χ0n) is 25.0. The summed E-state index contributed by atoms with van der Waals surface area (Å²) in [5.74, 6) is 0.118. The number of aliphatic hydroxyl groups is 1. The lowest BCUT2D eigenvalue weighted by molar-refractivity contribution is -0.137. The van der Waals surface area contributed by atoms with Gasteiger partial charge in [0.1, 0.15) is 0 Å². The van der Waals surface area contributed by atoms with Crippen molar-refractivity contribution in [2.45, 2.75) is 37.4 Å². The highest BCUT2D eigenvalue weighted by Gasteiger charge is 2.43. The van der Waals surface area contributed by atoms with Crippen LogP contribution >= 0.6 is 0 Å². The summed E-state index contributed by atoms with van der Waals surface area (Å²) in [6, 6.07) is 20.7. The minimum atomic E-state index is -2.69. The molecule has 0 aliphatic carbocycles. The number of alkyl halides is 2. The second kappa shape index (κ2) is 14.7. The van der Waals surface area contributed by atoms with E-state index in [9.17, 15) is 18.7 Å². The van der Waals surface area contributed by atoms with E-state index in [0.717, 1.165) is 0 Å². The summed E-state index contributed by atoms with van der Waals surface area (Å²) < 4.78 is 42.6. The van der Waals surface area contributed by atoms with Gasteiger partial charge in [-0.3, -0.25) is 14.6 Å². The molecule has 2 aliphatic rings. The molecule has 3 aromatic rings. The molecule has 0 unspecified atom stereocenters. The highest BCUT2D eigenvalue weighted by molar-refractivity contribution is 5.76. The van der Waals surface area contributed by atoms with E-state index in [0.29, 0.717) is 38.3 Å². The van der Waals surface area contributed by atoms with Crippen molar-refractivity contribution < 1.29 is 32.9 Å². The molecule has 44 heavy (non-hydrogen) atoms. The van der Waals surface area contributed by atoms with Gasteiger partial charge in [0.2, 0.25) is 17.7 Å². The van der Waals surface area contributed by atoms with Gasteiger partial charge >= 0.3 is 6.01 Å². The summed E-state index contributed by atoms with van der Waals surface area (Å²) >= 11 is 0. The van der Waals surface area contributed by atoms with Gasteiger partial charge in [-0.15, -0.1) is 0 Å². The molecule has 2 atom stereocenters. The third-order valence-electron chi connectivity index (χ3n) is 8.26. The summed E-state index contributed by atoms with van der Waals surface area (Å²) in [4.78, 5) is 27.9. The number of carbonyl (C=O) groups excluding carboxylic acids is 1. The molecular formula is C32H39F2N5O5. The van der Waals surface area contributed by atoms with Gasteiger partial charge in [-0.2, -0.15) is 9.97 Å². The van der Waals surface area contributed by atoms with Crippen molar-refractivity contribution in [2.24, 2.45) is 0 Å². The first kappa shape index (κ1) is 31.6. The molecule has 2 saturated heterocycles. The molecule has 0 saturated carbocycles. The number of nitrogens with zero attached hydrogens (tertiary/aromatic N) is 5. The number of halogens is 2. The Kier molecular flexibility index (Phi) is 10.6. The molecule has 0 spiro atoms. The van der Waals surface area contributed by atoms with Gasteiger partial charge in [-0.05, 0) is 11.1 Å². The number of amides is 1. The van der Waals surface area contributed by atoms with E-state index >= 15 is 0 Å². The van der Waals surface area contributed by atoms with Crippen LogP contribution in [0.25, 0.3) is 0 Å². The van der Waals surface area contributed by atoms with Gasteiger partial charge in [0, 0.05) is 63.7 Å². The summed E-state index contributed by atoms with van der Waals surface area (Å²) in [5, 5.41) is 9.41. The third-order valence-corrected chi connectivity index (χ3v) is 8.26. The van der Waals surface area contributed by atoms with E-state index in [4.69, 9.17) is 14.2 Å². The van der Waals surface area contributed by atoms with E-state index in [2.05, 4.69) is 44.0 Å². The maximum absolute atomic E-state index is 13.2. The molecule has 1 N–H and O–H groups in total. The third kappa shape index (κ3) is 7.25. The molecule has 5 rings (SSSR count). The van der Waals surface area contributed by atoms with Crippen LogP contribution in [0.2, 0.25) is 0 Å². The van der Waals surface area contributed by atoms with Crippen LogP contribution in [0.1, 0.15) is 29.0 Å². The lowest BCUT2D eigenvalue weighted by Gasteiger charge is -2.53. The normalized spacial score (nSPS) is 19.2. The fraction of sp³-hybridized carbons (Fsp3) is 0.469. The SMILES string of the molecule is COc1nc(OC)c(CN2C[C@@H]3CN(C(=O)CCO)CCN3[C@H](C(c3ccccc3)c3ccccc3)C2)c(OCC(F)F)n1. The average molecular weight is 612 g/mol. The van der Waals surface area contributed by atoms with Crippen molar-refractivity contribution in [3.05, 3.63) is 77.4 Å². The Bertz CT molecular complexity index is 1330. The van der Waals surface area contributed by atoms with Crippen LogP contribution in [0.4, 0.5) is 8.78 Å². The summed E-state index contributed by atoms with van der Waals surface area (Å²) in [5.41, 5.74) is 2.80. The van der Waals surface area contributed by atoms with Crippen LogP contribution in [0.5, 0.6) is 17.8 Å². The number of methoxy groups -OCH3 is 2. The van der Waals surface area contributed by atoms with E-state index in [1.165, 1.54) is 25.3 Å². The molecule has 2 aliphatic heterocycles. The first-order chi connectivity index (χ1) is 21.4. The number of aromatic nitrogens is 2. The molecule has 3 heterocycles. The Morgan fingerprint density at radius 1 is 0.932 bits per heavy atom. The molecule has 12 heteroatoms. The molecule has 0 bridgehead atoms. The van der Waals surface area contributed by atoms with Crippen LogP contribution < -0.4 is 14.2 Å². The quantitative estimate of drug-likeness (QED) is 0.331. The molecule has 0 radical (unpaired) electrons. The maximum Gasteiger partial charge on any atom is 0.322 e. The summed E-state index contributed by atoms with van der Waals surface area (Å²) in [7, 11) is 2.84. The highest BCUT2D eigenvalue weighted by atomic mass is 19.3. The van der Waals surface area contributed by atoms with Crippen molar-refractivity contribution >= 4 is 5.91 Å². The average Bonchev–Trinajstić information content (AvgIpc) is 3.05. The molecule has 236 valence electrons. The van der Waals surface area contributed by atoms with E-state index in [1.54, 1.807) is 0 Å². The lowest BCUT2D eigenvalue weighted by Crippen LogP contribution is -2.67. The van der Waals surface area contributed by atoms with Crippen LogP contribution in [0.15, 0.2) is 60.7 Å². The Hall–Kier alpha value is -3.87. The van der Waals surface area contributed by atoms with Crippen molar-refractivity contribution in [3.8, 4) is 17.8 Å². The minimum Gasteiger partial charge on any atom is -0.481 e. The number of hydrogen-bond acceptors (Lipinski definition) is 9. The van der Waals surface area contributed by atoms with Crippen LogP contribution in [0.3, 0.4) is 0 Å². The Morgan fingerprint density at radius 2 is 1.59 bits per heavy atom. The number of fused-ring (bicyclic) bond motifs is 1. The number of hydrogen-bond donors (Lipinski definition) is 1. The van der Waals surface area contributed by atoms with Gasteiger partial charge in [0.15, 0.2) is 6.61 Å². The zero-order chi connectivity index (χ0) is 31.1. The van der Waals surface area contributed by atoms with Crippen molar-refractivity contribution in [1.29, 1.82) is 0 Å². The Morgan fingerprint density at radius 3 is 2.18 bits per heavy atom. The molecule has 1 amide bonds. The summed E-state index contributed by atoms with van der Waals surface area (Å²) in [6.45, 7) is 2.25. The lowest BCUT2D eigenvalue weighted by atomic mass is 9.81. The summed E-state index contributed by atoms with van der Waals surface area (Å²) in [6.07, 6.45) is -2.60. The predicted octanol–water partition coefficient (Wildman–Crippen LogP) is 3.05. The van der Waals surface area contributed by atoms with Crippen LogP contribution in [0, 0.1) is 0 Å². The first-order valence-corrected chi connectivity index (χ1v) is 14.8. The van der Waals surface area contributed by atoms with Gasteiger partial charge in [0.05, 0.1) is 26.4 Å². The van der Waals surface area contributed by atoms with E-state index in [1.807, 2.05) is 41.3 Å². The standard InChI is InChI=1S/C32H39F2N5O5/c1-42-30-25(31(44-21-27(33)34)36-32(35-30)43-2)19-37-17-24-18-38(28(41)13-16-40)14-15-39(24)26(20-37)29(22-9-5-3-6-10-22)23-11-7-4-8-12-23/h3-12,24,26-27,29,40H,13-21H2,1-2H3/t24-,26+/m1/s1. The Labute approximate surface area is 256 Å². The van der Waals surface area contributed by atoms with Gasteiger partial charge in [-0.25, -0.2) is 8.78 Å². The molecule has 10 nitrogen and oxygen atoms in total. The molecular weight excluding hydrogens is 572 g/mol. The highest BCUT2D eigenvalue weighted by Crippen LogP contribution is 2.37. The maximum atomic E-state index is 13.2. The topological polar surface area (TPSA) is 100 Å². The molecule has 2 aromatic carbocycles. The monoisotopic (exact) mass is 611 g/mol. The number of benzene rings is 2. The minimum absolute atomic E-state index is 0.0148. The largest absolute Gasteiger partial charge is 0.481 e. The second-order valence-electron chi connectivity index (χ2n) is 11.0. The van der Waals surface area contributed by atoms with Crippen LogP contribution in [-0.4, -0.2) is 114 Å². The number of rotatable bonds is 12. The second-order valence-corrected chi connectivity index (χ2v) is 11.0. The fourth-order valence-electron chi connectivity index (χ4n) is 6.38. The zero-order valence-corrected chi connectivity index (χ0v) is 25.0. The Balaban J connectivity index is 1.53. The number of ether oxygens (including phenoxy) is 3.